The third-order valence-corrected chi connectivity index (χ3v) is 6.67. The molecule has 2 aromatic rings. The van der Waals surface area contributed by atoms with Crippen LogP contribution in [-0.2, 0) is 14.4 Å². The van der Waals surface area contributed by atoms with E-state index in [9.17, 15) is 14.4 Å². The summed E-state index contributed by atoms with van der Waals surface area (Å²) in [6.45, 7) is 2.86. The molecule has 1 saturated heterocycles. The Labute approximate surface area is 215 Å². The number of nitrogens with one attached hydrogen (secondary N) is 2. The van der Waals surface area contributed by atoms with Crippen molar-refractivity contribution >= 4 is 40.5 Å². The third kappa shape index (κ3) is 5.13. The number of nitrogens with two attached hydrogens (primary N) is 1. The lowest BCUT2D eigenvalue weighted by Gasteiger charge is -2.32. The van der Waals surface area contributed by atoms with Gasteiger partial charge in [0.15, 0.2) is 0 Å². The van der Waals surface area contributed by atoms with Gasteiger partial charge in [-0.05, 0) is 62.1 Å². The Balaban J connectivity index is 1.69. The molecular formula is C27H31N5O5. The molecule has 3 amide bonds. The predicted octanol–water partition coefficient (Wildman–Crippen LogP) is 3.14. The van der Waals surface area contributed by atoms with Gasteiger partial charge in [0.05, 0.1) is 19.9 Å². The van der Waals surface area contributed by atoms with E-state index in [4.69, 9.17) is 20.6 Å². The topological polar surface area (TPSA) is 138 Å². The summed E-state index contributed by atoms with van der Waals surface area (Å²) < 4.78 is 10.7. The molecule has 0 bridgehead atoms. The number of benzene rings is 2. The molecule has 2 heterocycles. The smallest absolute Gasteiger partial charge is 0.275 e. The van der Waals surface area contributed by atoms with Crippen molar-refractivity contribution in [1.82, 2.24) is 0 Å². The molecule has 0 aromatic heterocycles. The standard InChI is InChI=1S/C27H31N5O5/c1-16-14-17(7-10-21(16)32-12-5-4-6-23(32)33)31-13-11-19(24(28)26(29)34)25(27(31)35)30-20-9-8-18(36-2)15-22(20)37-3/h7-10,14-15,28,30H,4-6,11-13H2,1-3H3,(H2,29,34). The Kier molecular flexibility index (Phi) is 7.47. The Morgan fingerprint density at radius 3 is 2.43 bits per heavy atom. The summed E-state index contributed by atoms with van der Waals surface area (Å²) >= 11 is 0. The Bertz CT molecular complexity index is 1300. The zero-order valence-corrected chi connectivity index (χ0v) is 21.2. The van der Waals surface area contributed by atoms with Gasteiger partial charge >= 0.3 is 0 Å². The van der Waals surface area contributed by atoms with Crippen LogP contribution in [0, 0.1) is 12.3 Å². The summed E-state index contributed by atoms with van der Waals surface area (Å²) in [5.41, 5.74) is 8.14. The average molecular weight is 506 g/mol. The van der Waals surface area contributed by atoms with E-state index in [1.807, 2.05) is 25.1 Å². The van der Waals surface area contributed by atoms with Gasteiger partial charge in [-0.1, -0.05) is 0 Å². The highest BCUT2D eigenvalue weighted by Gasteiger charge is 2.32. The van der Waals surface area contributed by atoms with Crippen LogP contribution < -0.4 is 30.3 Å². The van der Waals surface area contributed by atoms with E-state index >= 15 is 0 Å². The monoisotopic (exact) mass is 505 g/mol. The van der Waals surface area contributed by atoms with E-state index in [2.05, 4.69) is 5.32 Å². The molecule has 2 aliphatic heterocycles. The molecule has 37 heavy (non-hydrogen) atoms. The van der Waals surface area contributed by atoms with Gasteiger partial charge in [-0.3, -0.25) is 19.8 Å². The van der Waals surface area contributed by atoms with Crippen LogP contribution in [-0.4, -0.2) is 50.7 Å². The van der Waals surface area contributed by atoms with Crippen molar-refractivity contribution in [2.24, 2.45) is 5.73 Å². The molecule has 1 fully saturated rings. The van der Waals surface area contributed by atoms with Crippen LogP contribution in [0.2, 0.25) is 0 Å². The second-order valence-electron chi connectivity index (χ2n) is 8.96. The minimum atomic E-state index is -0.913. The van der Waals surface area contributed by atoms with E-state index < -0.39 is 17.5 Å². The lowest BCUT2D eigenvalue weighted by atomic mass is 9.97. The SMILES string of the molecule is COc1ccc(NC2=C(C(=N)C(N)=O)CCN(c3ccc(N4CCCCC4=O)c(C)c3)C2=O)c(OC)c1. The molecule has 0 unspecified atom stereocenters. The number of hydrogen-bond donors (Lipinski definition) is 3. The Morgan fingerprint density at radius 2 is 1.78 bits per heavy atom. The Morgan fingerprint density at radius 1 is 1.00 bits per heavy atom. The summed E-state index contributed by atoms with van der Waals surface area (Å²) in [4.78, 5) is 41.4. The van der Waals surface area contributed by atoms with Crippen molar-refractivity contribution in [3.63, 3.8) is 0 Å². The zero-order chi connectivity index (χ0) is 26.7. The van der Waals surface area contributed by atoms with Crippen LogP contribution >= 0.6 is 0 Å². The van der Waals surface area contributed by atoms with E-state index in [-0.39, 0.29) is 30.1 Å². The predicted molar refractivity (Wildman–Crippen MR) is 141 cm³/mol. The van der Waals surface area contributed by atoms with Gasteiger partial charge in [0.1, 0.15) is 22.9 Å². The highest BCUT2D eigenvalue weighted by atomic mass is 16.5. The maximum absolute atomic E-state index is 13.8. The van der Waals surface area contributed by atoms with Crippen LogP contribution in [0.1, 0.15) is 31.2 Å². The van der Waals surface area contributed by atoms with Crippen LogP contribution in [0.15, 0.2) is 47.7 Å². The molecule has 0 saturated carbocycles. The number of ether oxygens (including phenoxy) is 2. The van der Waals surface area contributed by atoms with Crippen LogP contribution in [0.5, 0.6) is 11.5 Å². The van der Waals surface area contributed by atoms with E-state index in [1.54, 1.807) is 28.0 Å². The second-order valence-corrected chi connectivity index (χ2v) is 8.96. The van der Waals surface area contributed by atoms with E-state index in [0.29, 0.717) is 35.8 Å². The normalized spacial score (nSPS) is 16.1. The van der Waals surface area contributed by atoms with Crippen LogP contribution in [0.3, 0.4) is 0 Å². The highest BCUT2D eigenvalue weighted by molar-refractivity contribution is 6.44. The van der Waals surface area contributed by atoms with Crippen molar-refractivity contribution in [3.8, 4) is 11.5 Å². The number of anilines is 3. The summed E-state index contributed by atoms with van der Waals surface area (Å²) in [5.74, 6) is -0.225. The largest absolute Gasteiger partial charge is 0.497 e. The number of rotatable bonds is 8. The van der Waals surface area contributed by atoms with Crippen molar-refractivity contribution in [3.05, 3.63) is 53.2 Å². The van der Waals surface area contributed by atoms with Crippen molar-refractivity contribution in [2.45, 2.75) is 32.6 Å². The van der Waals surface area contributed by atoms with E-state index in [1.165, 1.54) is 14.2 Å². The lowest BCUT2D eigenvalue weighted by molar-refractivity contribution is -0.119. The highest BCUT2D eigenvalue weighted by Crippen LogP contribution is 2.34. The second kappa shape index (κ2) is 10.7. The fraction of sp³-hybridized carbons (Fsp3) is 0.333. The van der Waals surface area contributed by atoms with Crippen LogP contribution in [0.25, 0.3) is 0 Å². The van der Waals surface area contributed by atoms with Gasteiger partial charge in [-0.2, -0.15) is 0 Å². The number of primary amides is 1. The molecule has 10 heteroatoms. The molecular weight excluding hydrogens is 474 g/mol. The lowest BCUT2D eigenvalue weighted by Crippen LogP contribution is -2.42. The molecule has 10 nitrogen and oxygen atoms in total. The summed E-state index contributed by atoms with van der Waals surface area (Å²) in [5, 5.41) is 11.3. The molecule has 2 aromatic carbocycles. The summed E-state index contributed by atoms with van der Waals surface area (Å²) in [6.07, 6.45) is 2.65. The van der Waals surface area contributed by atoms with Gasteiger partial charge in [0, 0.05) is 42.5 Å². The zero-order valence-electron chi connectivity index (χ0n) is 21.2. The van der Waals surface area contributed by atoms with Crippen molar-refractivity contribution < 1.29 is 23.9 Å². The first-order valence-electron chi connectivity index (χ1n) is 12.1. The number of methoxy groups -OCH3 is 2. The molecule has 2 aliphatic rings. The molecule has 0 atom stereocenters. The molecule has 4 rings (SSSR count). The molecule has 0 spiro atoms. The quantitative estimate of drug-likeness (QED) is 0.471. The summed E-state index contributed by atoms with van der Waals surface area (Å²) in [7, 11) is 3.03. The number of carbonyl (C=O) groups is 3. The van der Waals surface area contributed by atoms with Crippen molar-refractivity contribution in [1.29, 1.82) is 5.41 Å². The number of carbonyl (C=O) groups excluding carboxylic acids is 3. The summed E-state index contributed by atoms with van der Waals surface area (Å²) in [6, 6.07) is 10.6. The first-order chi connectivity index (χ1) is 17.7. The molecule has 4 N–H and O–H groups in total. The minimum absolute atomic E-state index is 0.0754. The number of hydrogen-bond acceptors (Lipinski definition) is 7. The fourth-order valence-electron chi connectivity index (χ4n) is 4.70. The number of amides is 3. The number of piperidine rings is 1. The molecule has 0 aliphatic carbocycles. The van der Waals surface area contributed by atoms with Crippen LogP contribution in [0.4, 0.5) is 17.1 Å². The van der Waals surface area contributed by atoms with Gasteiger partial charge < -0.3 is 30.3 Å². The minimum Gasteiger partial charge on any atom is -0.497 e. The van der Waals surface area contributed by atoms with Gasteiger partial charge in [-0.15, -0.1) is 0 Å². The third-order valence-electron chi connectivity index (χ3n) is 6.67. The Hall–Kier alpha value is -4.34. The molecule has 194 valence electrons. The van der Waals surface area contributed by atoms with Crippen molar-refractivity contribution in [2.75, 3.05) is 42.4 Å². The number of nitrogens with zero attached hydrogens (tertiary/aromatic N) is 2. The molecule has 0 radical (unpaired) electrons. The average Bonchev–Trinajstić information content (AvgIpc) is 2.90. The first-order valence-corrected chi connectivity index (χ1v) is 12.1. The van der Waals surface area contributed by atoms with Gasteiger partial charge in [0.25, 0.3) is 11.8 Å². The van der Waals surface area contributed by atoms with E-state index in [0.717, 1.165) is 24.1 Å². The maximum atomic E-state index is 13.8. The first kappa shape index (κ1) is 25.7. The van der Waals surface area contributed by atoms with Gasteiger partial charge in [-0.25, -0.2) is 0 Å². The number of aryl methyl sites for hydroxylation is 1. The fourth-order valence-corrected chi connectivity index (χ4v) is 4.70. The van der Waals surface area contributed by atoms with Gasteiger partial charge in [0.2, 0.25) is 5.91 Å². The maximum Gasteiger partial charge on any atom is 0.275 e.